The number of aromatic nitrogens is 6. The summed E-state index contributed by atoms with van der Waals surface area (Å²) in [5.74, 6) is -0.520. The van der Waals surface area contributed by atoms with Gasteiger partial charge in [-0.25, -0.2) is 19.6 Å². The van der Waals surface area contributed by atoms with Crippen LogP contribution in [0.5, 0.6) is 0 Å². The molecule has 1 aliphatic heterocycles. The largest absolute Gasteiger partial charge is 0.396 e. The van der Waals surface area contributed by atoms with E-state index in [4.69, 9.17) is 5.73 Å². The van der Waals surface area contributed by atoms with Crippen molar-refractivity contribution in [1.82, 2.24) is 34.4 Å². The molecule has 0 bridgehead atoms. The molecule has 1 aliphatic rings. The molecule has 1 amide bonds. The van der Waals surface area contributed by atoms with E-state index in [9.17, 15) is 18.0 Å². The molecular weight excluding hydrogens is 473 g/mol. The van der Waals surface area contributed by atoms with Crippen LogP contribution in [0, 0.1) is 12.8 Å². The monoisotopic (exact) mass is 498 g/mol. The first kappa shape index (κ1) is 23.8. The zero-order valence-electron chi connectivity index (χ0n) is 19.8. The number of hydrogen-bond acceptors (Lipinski definition) is 6. The highest BCUT2D eigenvalue weighted by atomic mass is 19.4. The first-order chi connectivity index (χ1) is 17.1. The third-order valence-electron chi connectivity index (χ3n) is 6.46. The van der Waals surface area contributed by atoms with Crippen LogP contribution in [0.25, 0.3) is 17.2 Å². The Labute approximate surface area is 204 Å². The standard InChI is InChI=1S/C24H25F3N8O/c1-3-18-20(34-12-17(28)13(2)30-23(34)31-18)22(36)29-11-14-4-6-15(7-5-14)21-32-19-10-16(24(25,26)27)8-9-35(19)33-21/h4-7,12,16H,3,8-11,28H2,1-2H3,(H,29,36). The molecule has 1 unspecified atom stereocenters. The fourth-order valence-electron chi connectivity index (χ4n) is 4.35. The molecule has 12 heteroatoms. The van der Waals surface area contributed by atoms with Gasteiger partial charge in [0.15, 0.2) is 5.82 Å². The normalized spacial score (nSPS) is 15.8. The van der Waals surface area contributed by atoms with Crippen molar-refractivity contribution in [1.29, 1.82) is 0 Å². The van der Waals surface area contributed by atoms with E-state index < -0.39 is 12.1 Å². The molecule has 0 fully saturated rings. The molecule has 5 rings (SSSR count). The van der Waals surface area contributed by atoms with E-state index in [-0.39, 0.29) is 31.8 Å². The Bertz CT molecular complexity index is 1440. The second-order valence-corrected chi connectivity index (χ2v) is 8.90. The third kappa shape index (κ3) is 4.38. The number of carbonyl (C=O) groups is 1. The Morgan fingerprint density at radius 2 is 1.94 bits per heavy atom. The average Bonchev–Trinajstić information content (AvgIpc) is 3.43. The van der Waals surface area contributed by atoms with Crippen LogP contribution in [0.15, 0.2) is 30.5 Å². The minimum atomic E-state index is -4.23. The highest BCUT2D eigenvalue weighted by Gasteiger charge is 2.42. The van der Waals surface area contributed by atoms with Crippen molar-refractivity contribution in [2.45, 2.75) is 52.4 Å². The lowest BCUT2D eigenvalue weighted by molar-refractivity contribution is -0.179. The minimum absolute atomic E-state index is 0.00637. The topological polar surface area (TPSA) is 116 Å². The SMILES string of the molecule is CCc1nc2nc(C)c(N)cn2c1C(=O)NCc1ccc(-c2nc3n(n2)CCC(C(F)(F)F)C3)cc1. The molecule has 3 N–H and O–H groups in total. The number of alkyl halides is 3. The van der Waals surface area contributed by atoms with Crippen LogP contribution >= 0.6 is 0 Å². The number of hydrogen-bond donors (Lipinski definition) is 2. The summed E-state index contributed by atoms with van der Waals surface area (Å²) in [6.45, 7) is 4.16. The molecule has 4 heterocycles. The highest BCUT2D eigenvalue weighted by Crippen LogP contribution is 2.34. The van der Waals surface area contributed by atoms with E-state index in [1.165, 1.54) is 0 Å². The van der Waals surface area contributed by atoms with Gasteiger partial charge in [0.25, 0.3) is 5.91 Å². The number of benzene rings is 1. The Morgan fingerprint density at radius 3 is 2.64 bits per heavy atom. The number of amides is 1. The average molecular weight is 499 g/mol. The van der Waals surface area contributed by atoms with Gasteiger partial charge < -0.3 is 11.1 Å². The summed E-state index contributed by atoms with van der Waals surface area (Å²) in [4.78, 5) is 26.2. The van der Waals surface area contributed by atoms with E-state index >= 15 is 0 Å². The van der Waals surface area contributed by atoms with Gasteiger partial charge in [0.2, 0.25) is 5.78 Å². The van der Waals surface area contributed by atoms with E-state index in [1.807, 2.05) is 19.1 Å². The molecule has 1 atom stereocenters. The minimum Gasteiger partial charge on any atom is -0.396 e. The lowest BCUT2D eigenvalue weighted by atomic mass is 9.98. The summed E-state index contributed by atoms with van der Waals surface area (Å²) >= 11 is 0. The number of halogens is 3. The molecule has 0 radical (unpaired) electrons. The van der Waals surface area contributed by atoms with Crippen molar-refractivity contribution < 1.29 is 18.0 Å². The van der Waals surface area contributed by atoms with Crippen molar-refractivity contribution in [2.75, 3.05) is 5.73 Å². The molecule has 0 aliphatic carbocycles. The van der Waals surface area contributed by atoms with E-state index in [2.05, 4.69) is 25.4 Å². The van der Waals surface area contributed by atoms with Crippen LogP contribution < -0.4 is 11.1 Å². The summed E-state index contributed by atoms with van der Waals surface area (Å²) in [7, 11) is 0. The summed E-state index contributed by atoms with van der Waals surface area (Å²) < 4.78 is 42.4. The number of fused-ring (bicyclic) bond motifs is 2. The maximum atomic E-state index is 13.1. The van der Waals surface area contributed by atoms with Crippen LogP contribution in [-0.4, -0.2) is 41.2 Å². The number of nitrogen functional groups attached to an aromatic ring is 1. The second-order valence-electron chi connectivity index (χ2n) is 8.90. The Balaban J connectivity index is 1.29. The molecule has 188 valence electrons. The van der Waals surface area contributed by atoms with Crippen molar-refractivity contribution >= 4 is 17.4 Å². The van der Waals surface area contributed by atoms with Gasteiger partial charge in [0.05, 0.1) is 23.0 Å². The maximum Gasteiger partial charge on any atom is 0.392 e. The summed E-state index contributed by atoms with van der Waals surface area (Å²) in [5, 5.41) is 7.29. The highest BCUT2D eigenvalue weighted by molar-refractivity contribution is 5.94. The molecule has 1 aromatic carbocycles. The third-order valence-corrected chi connectivity index (χ3v) is 6.46. The van der Waals surface area contributed by atoms with Gasteiger partial charge in [-0.1, -0.05) is 31.2 Å². The number of anilines is 1. The smallest absolute Gasteiger partial charge is 0.392 e. The Hall–Kier alpha value is -3.96. The molecule has 4 aromatic rings. The number of nitrogens with one attached hydrogen (secondary N) is 1. The zero-order valence-corrected chi connectivity index (χ0v) is 19.8. The van der Waals surface area contributed by atoms with Gasteiger partial charge in [-0.05, 0) is 25.3 Å². The van der Waals surface area contributed by atoms with Crippen LogP contribution in [0.2, 0.25) is 0 Å². The fourth-order valence-corrected chi connectivity index (χ4v) is 4.35. The predicted octanol–water partition coefficient (Wildman–Crippen LogP) is 3.50. The summed E-state index contributed by atoms with van der Waals surface area (Å²) in [5.41, 5.74) is 9.67. The fraction of sp³-hybridized carbons (Fsp3) is 0.375. The van der Waals surface area contributed by atoms with Crippen LogP contribution in [0.3, 0.4) is 0 Å². The zero-order chi connectivity index (χ0) is 25.6. The van der Waals surface area contributed by atoms with Gasteiger partial charge in [-0.2, -0.15) is 18.3 Å². The van der Waals surface area contributed by atoms with Gasteiger partial charge >= 0.3 is 6.18 Å². The van der Waals surface area contributed by atoms with Crippen molar-refractivity contribution in [3.63, 3.8) is 0 Å². The number of nitrogens with zero attached hydrogens (tertiary/aromatic N) is 6. The van der Waals surface area contributed by atoms with Crippen molar-refractivity contribution in [3.8, 4) is 11.4 Å². The van der Waals surface area contributed by atoms with Crippen molar-refractivity contribution in [3.05, 3.63) is 58.9 Å². The lowest BCUT2D eigenvalue weighted by Crippen LogP contribution is -2.31. The number of aryl methyl sites for hydroxylation is 3. The van der Waals surface area contributed by atoms with Crippen molar-refractivity contribution in [2.24, 2.45) is 5.92 Å². The van der Waals surface area contributed by atoms with Crippen LogP contribution in [-0.2, 0) is 25.9 Å². The Kier molecular flexibility index (Phi) is 5.89. The molecule has 0 saturated carbocycles. The molecular formula is C24H25F3N8O. The molecule has 36 heavy (non-hydrogen) atoms. The van der Waals surface area contributed by atoms with Crippen LogP contribution in [0.4, 0.5) is 18.9 Å². The van der Waals surface area contributed by atoms with E-state index in [0.29, 0.717) is 52.2 Å². The van der Waals surface area contributed by atoms with E-state index in [0.717, 1.165) is 5.56 Å². The lowest BCUT2D eigenvalue weighted by Gasteiger charge is -2.24. The number of imidazole rings is 1. The van der Waals surface area contributed by atoms with Gasteiger partial charge in [0.1, 0.15) is 11.5 Å². The molecule has 0 saturated heterocycles. The van der Waals surface area contributed by atoms with Gasteiger partial charge in [-0.3, -0.25) is 9.20 Å². The van der Waals surface area contributed by atoms with Gasteiger partial charge in [0, 0.05) is 31.3 Å². The summed E-state index contributed by atoms with van der Waals surface area (Å²) in [6, 6.07) is 7.24. The molecule has 0 spiro atoms. The number of carbonyl (C=O) groups excluding carboxylic acids is 1. The maximum absolute atomic E-state index is 13.1. The van der Waals surface area contributed by atoms with E-state index in [1.54, 1.807) is 34.3 Å². The number of nitrogens with two attached hydrogens (primary N) is 1. The Morgan fingerprint density at radius 1 is 1.19 bits per heavy atom. The first-order valence-corrected chi connectivity index (χ1v) is 11.7. The first-order valence-electron chi connectivity index (χ1n) is 11.7. The van der Waals surface area contributed by atoms with Crippen LogP contribution in [0.1, 0.15) is 46.6 Å². The van der Waals surface area contributed by atoms with Gasteiger partial charge in [-0.15, -0.1) is 0 Å². The second kappa shape index (κ2) is 8.92. The predicted molar refractivity (Wildman–Crippen MR) is 126 cm³/mol. The number of rotatable bonds is 5. The molecule has 3 aromatic heterocycles. The molecule has 9 nitrogen and oxygen atoms in total. The quantitative estimate of drug-likeness (QED) is 0.435. The summed E-state index contributed by atoms with van der Waals surface area (Å²) in [6.07, 6.45) is -2.17.